The van der Waals surface area contributed by atoms with E-state index >= 15 is 0 Å². The number of hydrogen-bond donors (Lipinski definition) is 1. The molecule has 4 atom stereocenters. The average molecular weight is 439 g/mol. The van der Waals surface area contributed by atoms with Crippen LogP contribution in [0.5, 0.6) is 0 Å². The predicted molar refractivity (Wildman–Crippen MR) is 142 cm³/mol. The van der Waals surface area contributed by atoms with Crippen molar-refractivity contribution in [3.8, 4) is 0 Å². The summed E-state index contributed by atoms with van der Waals surface area (Å²) in [6, 6.07) is 0. The van der Waals surface area contributed by atoms with Crippen molar-refractivity contribution >= 4 is 0 Å². The lowest BCUT2D eigenvalue weighted by molar-refractivity contribution is -0.115. The molecule has 0 aromatic carbocycles. The summed E-state index contributed by atoms with van der Waals surface area (Å²) >= 11 is 0. The van der Waals surface area contributed by atoms with E-state index in [2.05, 4.69) is 79.3 Å². The summed E-state index contributed by atoms with van der Waals surface area (Å²) in [5, 5.41) is 10.7. The van der Waals surface area contributed by atoms with Crippen molar-refractivity contribution in [2.75, 3.05) is 0 Å². The second-order valence-electron chi connectivity index (χ2n) is 11.6. The Bertz CT molecular complexity index is 755. The molecule has 0 amide bonds. The highest BCUT2D eigenvalue weighted by Gasteiger charge is 2.54. The minimum atomic E-state index is -0.161. The fourth-order valence-electron chi connectivity index (χ4n) is 6.49. The number of aliphatic hydroxyl groups excluding tert-OH is 1. The zero-order valence-electron chi connectivity index (χ0n) is 22.1. The summed E-state index contributed by atoms with van der Waals surface area (Å²) < 4.78 is 0. The van der Waals surface area contributed by atoms with Gasteiger partial charge in [0.05, 0.1) is 6.10 Å². The van der Waals surface area contributed by atoms with Gasteiger partial charge in [-0.25, -0.2) is 0 Å². The Morgan fingerprint density at radius 1 is 1.06 bits per heavy atom. The normalized spacial score (nSPS) is 30.4. The van der Waals surface area contributed by atoms with Gasteiger partial charge in [-0.1, -0.05) is 80.0 Å². The lowest BCUT2D eigenvalue weighted by Gasteiger charge is -2.58. The van der Waals surface area contributed by atoms with Crippen molar-refractivity contribution in [1.29, 1.82) is 0 Å². The molecule has 0 aliphatic heterocycles. The Morgan fingerprint density at radius 3 is 2.41 bits per heavy atom. The largest absolute Gasteiger partial charge is 0.393 e. The molecule has 2 unspecified atom stereocenters. The molecule has 2 aliphatic carbocycles. The van der Waals surface area contributed by atoms with Crippen molar-refractivity contribution in [2.45, 2.75) is 112 Å². The van der Waals surface area contributed by atoms with E-state index in [9.17, 15) is 5.11 Å². The van der Waals surface area contributed by atoms with Gasteiger partial charge >= 0.3 is 0 Å². The zero-order chi connectivity index (χ0) is 23.9. The highest BCUT2D eigenvalue weighted by Crippen LogP contribution is 2.60. The van der Waals surface area contributed by atoms with Gasteiger partial charge in [0, 0.05) is 0 Å². The summed E-state index contributed by atoms with van der Waals surface area (Å²) in [7, 11) is 0. The fourth-order valence-corrected chi connectivity index (χ4v) is 6.49. The smallest absolute Gasteiger partial charge is 0.0594 e. The van der Waals surface area contributed by atoms with E-state index in [1.165, 1.54) is 23.1 Å². The van der Waals surface area contributed by atoms with Gasteiger partial charge in [0.1, 0.15) is 0 Å². The minimum absolute atomic E-state index is 0.00895. The maximum Gasteiger partial charge on any atom is 0.0594 e. The molecule has 0 bridgehead atoms. The summed E-state index contributed by atoms with van der Waals surface area (Å²) in [6.45, 7) is 20.1. The molecule has 2 rings (SSSR count). The van der Waals surface area contributed by atoms with Crippen LogP contribution in [0.25, 0.3) is 0 Å². The second kappa shape index (κ2) is 11.7. The van der Waals surface area contributed by atoms with Crippen LogP contribution < -0.4 is 0 Å². The maximum absolute atomic E-state index is 10.7. The minimum Gasteiger partial charge on any atom is -0.393 e. The molecule has 1 N–H and O–H groups in total. The topological polar surface area (TPSA) is 20.2 Å². The molecule has 0 saturated heterocycles. The van der Waals surface area contributed by atoms with E-state index in [1.54, 1.807) is 5.57 Å². The van der Waals surface area contributed by atoms with Gasteiger partial charge in [-0.05, 0) is 108 Å². The Balaban J connectivity index is 1.92. The second-order valence-corrected chi connectivity index (χ2v) is 11.6. The van der Waals surface area contributed by atoms with Crippen LogP contribution in [0.1, 0.15) is 106 Å². The maximum atomic E-state index is 10.7. The molecule has 1 heteroatoms. The highest BCUT2D eigenvalue weighted by atomic mass is 16.3. The molecule has 32 heavy (non-hydrogen) atoms. The first kappa shape index (κ1) is 26.9. The van der Waals surface area contributed by atoms with E-state index in [-0.39, 0.29) is 11.5 Å². The third kappa shape index (κ3) is 6.60. The van der Waals surface area contributed by atoms with Crippen LogP contribution in [0, 0.1) is 22.7 Å². The molecule has 0 aromatic rings. The number of rotatable bonds is 10. The SMILES string of the molecule is C=C/C(=C/CC/C(C)=C/CCC1C(C)=CCC2C(C)(C)[C@@H](O)CC[C@]12C)CCC=C(C)C. The highest BCUT2D eigenvalue weighted by molar-refractivity contribution is 5.20. The number of allylic oxidation sites excluding steroid dienone is 9. The number of fused-ring (bicyclic) bond motifs is 1. The van der Waals surface area contributed by atoms with Crippen molar-refractivity contribution in [1.82, 2.24) is 0 Å². The van der Waals surface area contributed by atoms with Gasteiger partial charge in [-0.2, -0.15) is 0 Å². The molecule has 1 nitrogen and oxygen atoms in total. The molecule has 1 fully saturated rings. The van der Waals surface area contributed by atoms with Crippen molar-refractivity contribution in [3.63, 3.8) is 0 Å². The lowest BCUT2D eigenvalue weighted by atomic mass is 9.47. The van der Waals surface area contributed by atoms with Crippen LogP contribution in [0.3, 0.4) is 0 Å². The van der Waals surface area contributed by atoms with Crippen LogP contribution in [0.2, 0.25) is 0 Å². The molecule has 0 aromatic heterocycles. The first-order valence-corrected chi connectivity index (χ1v) is 13.0. The summed E-state index contributed by atoms with van der Waals surface area (Å²) in [4.78, 5) is 0. The summed E-state index contributed by atoms with van der Waals surface area (Å²) in [5.74, 6) is 1.21. The van der Waals surface area contributed by atoms with Crippen molar-refractivity contribution in [3.05, 3.63) is 59.3 Å². The first-order valence-electron chi connectivity index (χ1n) is 13.0. The Hall–Kier alpha value is -1.34. The van der Waals surface area contributed by atoms with Gasteiger partial charge in [-0.3, -0.25) is 0 Å². The number of hydrogen-bond acceptors (Lipinski definition) is 1. The summed E-state index contributed by atoms with van der Waals surface area (Å²) in [5.41, 5.74) is 6.18. The Morgan fingerprint density at radius 2 is 1.75 bits per heavy atom. The molecule has 0 radical (unpaired) electrons. The molecule has 180 valence electrons. The third-order valence-corrected chi connectivity index (χ3v) is 8.67. The monoisotopic (exact) mass is 438 g/mol. The lowest BCUT2D eigenvalue weighted by Crippen LogP contribution is -2.54. The van der Waals surface area contributed by atoms with Gasteiger partial charge < -0.3 is 5.11 Å². The van der Waals surface area contributed by atoms with Gasteiger partial charge in [0.25, 0.3) is 0 Å². The molecule has 2 aliphatic rings. The first-order chi connectivity index (χ1) is 15.0. The quantitative estimate of drug-likeness (QED) is 0.266. The standard InChI is InChI=1S/C31H50O/c1-9-26(16-10-13-23(2)3)17-11-14-24(4)15-12-18-27-25(5)19-20-28-30(6,7)29(32)21-22-31(27,28)8/h9,13,15,17,19,27-29,32H,1,10-12,14,16,18,20-22H2,2-8H3/b24-15+,26-17-/t27?,28?,29-,31+/m0/s1. The van der Waals surface area contributed by atoms with E-state index in [0.29, 0.717) is 17.3 Å². The van der Waals surface area contributed by atoms with E-state index in [1.807, 2.05) is 6.08 Å². The van der Waals surface area contributed by atoms with E-state index in [0.717, 1.165) is 51.4 Å². The van der Waals surface area contributed by atoms with Crippen molar-refractivity contribution < 1.29 is 5.11 Å². The third-order valence-electron chi connectivity index (χ3n) is 8.67. The Labute approximate surface area is 199 Å². The van der Waals surface area contributed by atoms with Crippen LogP contribution in [0.4, 0.5) is 0 Å². The molecule has 0 spiro atoms. The van der Waals surface area contributed by atoms with E-state index in [4.69, 9.17) is 0 Å². The molecule has 1 saturated carbocycles. The van der Waals surface area contributed by atoms with E-state index < -0.39 is 0 Å². The fraction of sp³-hybridized carbons (Fsp3) is 0.677. The van der Waals surface area contributed by atoms with Crippen LogP contribution in [0.15, 0.2) is 59.3 Å². The van der Waals surface area contributed by atoms with Crippen LogP contribution >= 0.6 is 0 Å². The van der Waals surface area contributed by atoms with Crippen LogP contribution in [-0.2, 0) is 0 Å². The number of aliphatic hydroxyl groups is 1. The Kier molecular flexibility index (Phi) is 9.83. The van der Waals surface area contributed by atoms with Crippen molar-refractivity contribution in [2.24, 2.45) is 22.7 Å². The molecular formula is C31H50O. The predicted octanol–water partition coefficient (Wildman–Crippen LogP) is 9.12. The van der Waals surface area contributed by atoms with Gasteiger partial charge in [-0.15, -0.1) is 0 Å². The summed E-state index contributed by atoms with van der Waals surface area (Å²) in [6.07, 6.45) is 21.6. The van der Waals surface area contributed by atoms with Gasteiger partial charge in [0.2, 0.25) is 0 Å². The zero-order valence-corrected chi connectivity index (χ0v) is 22.1. The average Bonchev–Trinajstić information content (AvgIpc) is 2.71. The molecule has 0 heterocycles. The van der Waals surface area contributed by atoms with Crippen LogP contribution in [-0.4, -0.2) is 11.2 Å². The van der Waals surface area contributed by atoms with Gasteiger partial charge in [0.15, 0.2) is 0 Å². The molecular weight excluding hydrogens is 388 g/mol.